The number of rotatable bonds is 4. The fourth-order valence-corrected chi connectivity index (χ4v) is 6.51. The van der Waals surface area contributed by atoms with Crippen LogP contribution in [0.3, 0.4) is 0 Å². The normalized spacial score (nSPS) is 27.1. The second-order valence-corrected chi connectivity index (χ2v) is 11.4. The van der Waals surface area contributed by atoms with Crippen LogP contribution in [-0.2, 0) is 20.8 Å². The van der Waals surface area contributed by atoms with E-state index in [1.54, 1.807) is 11.8 Å². The largest absolute Gasteiger partial charge is 0.494 e. The minimum Gasteiger partial charge on any atom is -0.494 e. The molecule has 2 aromatic rings. The Hall–Kier alpha value is -3.95. The number of piperidine rings is 2. The number of halogens is 1. The van der Waals surface area contributed by atoms with Crippen LogP contribution in [0.25, 0.3) is 0 Å². The summed E-state index contributed by atoms with van der Waals surface area (Å²) in [7, 11) is 1.36. The molecule has 3 aliphatic heterocycles. The van der Waals surface area contributed by atoms with E-state index in [4.69, 9.17) is 4.74 Å². The standard InChI is InChI=1S/C31H37FN4O5/c1-19-29(38)34-25(14-20-7-4-3-5-8-20)31(40)36-17-21-13-23(26(36)9-6-10-28(37)33-19)18-35(16-21)30(39)22-11-12-24(32)27(15-22)41-2/h3-5,7-8,11-12,15,19,21,23,25-26H,6,9-10,13-14,16-18H2,1-2H3,(H,33,37)(H,34,38)/t19-,21+,23-,25+,26+/m1/s1. The van der Waals surface area contributed by atoms with Gasteiger partial charge in [-0.15, -0.1) is 0 Å². The van der Waals surface area contributed by atoms with Gasteiger partial charge in [-0.1, -0.05) is 30.3 Å². The van der Waals surface area contributed by atoms with Gasteiger partial charge in [0.25, 0.3) is 5.91 Å². The molecule has 4 amide bonds. The average Bonchev–Trinajstić information content (AvgIpc) is 2.97. The molecule has 0 unspecified atom stereocenters. The number of amides is 4. The van der Waals surface area contributed by atoms with Gasteiger partial charge in [0, 0.05) is 44.1 Å². The second-order valence-electron chi connectivity index (χ2n) is 11.4. The molecule has 218 valence electrons. The Bertz CT molecular complexity index is 1300. The van der Waals surface area contributed by atoms with Crippen LogP contribution in [0.15, 0.2) is 48.5 Å². The molecule has 10 heteroatoms. The van der Waals surface area contributed by atoms with Crippen LogP contribution in [0.1, 0.15) is 48.5 Å². The van der Waals surface area contributed by atoms with E-state index < -0.39 is 23.8 Å². The van der Waals surface area contributed by atoms with Crippen molar-refractivity contribution in [2.24, 2.45) is 11.8 Å². The Morgan fingerprint density at radius 2 is 1.83 bits per heavy atom. The van der Waals surface area contributed by atoms with Crippen LogP contribution < -0.4 is 15.4 Å². The molecule has 5 atom stereocenters. The van der Waals surface area contributed by atoms with Crippen molar-refractivity contribution in [3.63, 3.8) is 0 Å². The van der Waals surface area contributed by atoms with E-state index in [-0.39, 0.29) is 47.8 Å². The van der Waals surface area contributed by atoms with E-state index in [0.29, 0.717) is 44.5 Å². The molecule has 3 aliphatic rings. The quantitative estimate of drug-likeness (QED) is 0.594. The molecule has 0 aromatic heterocycles. The fourth-order valence-electron chi connectivity index (χ4n) is 6.51. The number of nitrogens with zero attached hydrogens (tertiary/aromatic N) is 2. The number of carbonyl (C=O) groups excluding carboxylic acids is 4. The van der Waals surface area contributed by atoms with Gasteiger partial charge >= 0.3 is 0 Å². The molecule has 3 saturated heterocycles. The van der Waals surface area contributed by atoms with Crippen molar-refractivity contribution < 1.29 is 28.3 Å². The summed E-state index contributed by atoms with van der Waals surface area (Å²) in [6.07, 6.45) is 2.62. The summed E-state index contributed by atoms with van der Waals surface area (Å²) in [5.41, 5.74) is 1.28. The number of carbonyl (C=O) groups is 4. The maximum absolute atomic E-state index is 14.2. The molecule has 41 heavy (non-hydrogen) atoms. The zero-order chi connectivity index (χ0) is 29.1. The van der Waals surface area contributed by atoms with E-state index in [9.17, 15) is 23.6 Å². The number of fused-ring (bicyclic) bond motifs is 4. The first-order valence-electron chi connectivity index (χ1n) is 14.3. The SMILES string of the molecule is COc1cc(C(=O)N2C[C@@H]3C[C@H](C2)[C@@H]2CCCC(=O)N[C@H](C)C(=O)N[C@@H](Cc4ccccc4)C(=O)N2C3)ccc1F. The van der Waals surface area contributed by atoms with Crippen LogP contribution in [0.4, 0.5) is 4.39 Å². The Balaban J connectivity index is 1.41. The predicted molar refractivity (Wildman–Crippen MR) is 149 cm³/mol. The zero-order valence-electron chi connectivity index (χ0n) is 23.5. The topological polar surface area (TPSA) is 108 Å². The van der Waals surface area contributed by atoms with Crippen LogP contribution in [-0.4, -0.2) is 78.3 Å². The van der Waals surface area contributed by atoms with Crippen molar-refractivity contribution in [3.05, 3.63) is 65.5 Å². The highest BCUT2D eigenvalue weighted by atomic mass is 19.1. The molecule has 0 aliphatic carbocycles. The summed E-state index contributed by atoms with van der Waals surface area (Å²) < 4.78 is 19.0. The minimum atomic E-state index is -0.783. The van der Waals surface area contributed by atoms with Crippen molar-refractivity contribution in [3.8, 4) is 5.75 Å². The molecule has 5 rings (SSSR count). The molecule has 0 radical (unpaired) electrons. The Kier molecular flexibility index (Phi) is 8.56. The number of likely N-dealkylation sites (tertiary alicyclic amines) is 1. The highest BCUT2D eigenvalue weighted by Gasteiger charge is 2.45. The molecule has 0 saturated carbocycles. The zero-order valence-corrected chi connectivity index (χ0v) is 23.5. The van der Waals surface area contributed by atoms with Crippen LogP contribution in [0.5, 0.6) is 5.75 Å². The molecule has 2 bridgehead atoms. The van der Waals surface area contributed by atoms with Gasteiger partial charge in [-0.2, -0.15) is 0 Å². The van der Waals surface area contributed by atoms with Crippen molar-refractivity contribution in [2.45, 2.75) is 57.2 Å². The average molecular weight is 565 g/mol. The summed E-state index contributed by atoms with van der Waals surface area (Å²) in [4.78, 5) is 57.0. The number of hydrogen-bond donors (Lipinski definition) is 2. The second kappa shape index (κ2) is 12.3. The predicted octanol–water partition coefficient (Wildman–Crippen LogP) is 2.54. The molecule has 0 spiro atoms. The van der Waals surface area contributed by atoms with Gasteiger partial charge in [0.2, 0.25) is 17.7 Å². The van der Waals surface area contributed by atoms with Crippen molar-refractivity contribution >= 4 is 23.6 Å². The van der Waals surface area contributed by atoms with Gasteiger partial charge in [0.15, 0.2) is 11.6 Å². The van der Waals surface area contributed by atoms with Crippen LogP contribution >= 0.6 is 0 Å². The van der Waals surface area contributed by atoms with Gasteiger partial charge in [-0.05, 0) is 61.8 Å². The van der Waals surface area contributed by atoms with Crippen LogP contribution in [0.2, 0.25) is 0 Å². The van der Waals surface area contributed by atoms with Crippen molar-refractivity contribution in [1.29, 1.82) is 0 Å². The van der Waals surface area contributed by atoms with Crippen molar-refractivity contribution in [2.75, 3.05) is 26.7 Å². The minimum absolute atomic E-state index is 0.00995. The molecule has 2 aromatic carbocycles. The summed E-state index contributed by atoms with van der Waals surface area (Å²) in [6, 6.07) is 12.0. The Morgan fingerprint density at radius 3 is 2.59 bits per heavy atom. The number of benzene rings is 2. The molecule has 9 nitrogen and oxygen atoms in total. The summed E-state index contributed by atoms with van der Waals surface area (Å²) in [5.74, 6) is -1.38. The smallest absolute Gasteiger partial charge is 0.254 e. The molecule has 3 heterocycles. The first-order chi connectivity index (χ1) is 19.7. The maximum atomic E-state index is 14.2. The van der Waals surface area contributed by atoms with Crippen LogP contribution in [0, 0.1) is 17.7 Å². The van der Waals surface area contributed by atoms with Gasteiger partial charge in [0.05, 0.1) is 7.11 Å². The van der Waals surface area contributed by atoms with E-state index in [1.165, 1.54) is 25.3 Å². The lowest BCUT2D eigenvalue weighted by atomic mass is 9.77. The van der Waals surface area contributed by atoms with Gasteiger partial charge < -0.3 is 25.2 Å². The Labute approximate surface area is 239 Å². The molecule has 3 fully saturated rings. The number of hydrogen-bond acceptors (Lipinski definition) is 5. The lowest BCUT2D eigenvalue weighted by Crippen LogP contribution is -2.63. The highest BCUT2D eigenvalue weighted by molar-refractivity contribution is 5.95. The van der Waals surface area contributed by atoms with E-state index in [1.807, 2.05) is 35.2 Å². The third kappa shape index (κ3) is 6.36. The number of nitrogens with one attached hydrogen (secondary N) is 2. The summed E-state index contributed by atoms with van der Waals surface area (Å²) in [6.45, 7) is 3.00. The molecular formula is C31H37FN4O5. The first kappa shape index (κ1) is 28.6. The highest BCUT2D eigenvalue weighted by Crippen LogP contribution is 2.37. The Morgan fingerprint density at radius 1 is 1.05 bits per heavy atom. The monoisotopic (exact) mass is 564 g/mol. The summed E-state index contributed by atoms with van der Waals surface area (Å²) >= 11 is 0. The lowest BCUT2D eigenvalue weighted by Gasteiger charge is -2.51. The third-order valence-corrected chi connectivity index (χ3v) is 8.51. The fraction of sp³-hybridized carbons (Fsp3) is 0.484. The van der Waals surface area contributed by atoms with Gasteiger partial charge in [-0.25, -0.2) is 4.39 Å². The lowest BCUT2D eigenvalue weighted by molar-refractivity contribution is -0.145. The first-order valence-corrected chi connectivity index (χ1v) is 14.3. The van der Waals surface area contributed by atoms with E-state index in [0.717, 1.165) is 12.0 Å². The van der Waals surface area contributed by atoms with E-state index in [2.05, 4.69) is 10.6 Å². The van der Waals surface area contributed by atoms with Gasteiger partial charge in [0.1, 0.15) is 12.1 Å². The van der Waals surface area contributed by atoms with Crippen molar-refractivity contribution in [1.82, 2.24) is 20.4 Å². The van der Waals surface area contributed by atoms with E-state index >= 15 is 0 Å². The van der Waals surface area contributed by atoms with Gasteiger partial charge in [-0.3, -0.25) is 19.2 Å². The molecule has 2 N–H and O–H groups in total. The molecular weight excluding hydrogens is 527 g/mol. The maximum Gasteiger partial charge on any atom is 0.254 e. The summed E-state index contributed by atoms with van der Waals surface area (Å²) in [5, 5.41) is 5.66. The third-order valence-electron chi connectivity index (χ3n) is 8.51. The number of methoxy groups -OCH3 is 1. The number of ether oxygens (including phenoxy) is 1.